The van der Waals surface area contributed by atoms with Crippen LogP contribution in [0.25, 0.3) is 4.91 Å². The number of rotatable bonds is 3. The Balaban J connectivity index is 2.02. The number of benzene rings is 1. The minimum absolute atomic E-state index is 0.0986. The number of thioether (sulfide) groups is 1. The van der Waals surface area contributed by atoms with E-state index in [9.17, 15) is 24.2 Å². The van der Waals surface area contributed by atoms with Crippen molar-refractivity contribution >= 4 is 28.5 Å². The van der Waals surface area contributed by atoms with Gasteiger partial charge in [0.15, 0.2) is 0 Å². The molecule has 2 heterocycles. The van der Waals surface area contributed by atoms with Crippen molar-refractivity contribution in [2.45, 2.75) is 18.4 Å². The van der Waals surface area contributed by atoms with E-state index in [0.717, 1.165) is 0 Å². The van der Waals surface area contributed by atoms with Gasteiger partial charge in [-0.2, -0.15) is 0 Å². The Bertz CT molecular complexity index is 655. The van der Waals surface area contributed by atoms with Gasteiger partial charge in [-0.15, -0.1) is 0 Å². The van der Waals surface area contributed by atoms with E-state index >= 15 is 0 Å². The quantitative estimate of drug-likeness (QED) is 0.827. The summed E-state index contributed by atoms with van der Waals surface area (Å²) in [4.78, 5) is 25.1. The van der Waals surface area contributed by atoms with Crippen molar-refractivity contribution in [3.8, 4) is 0 Å². The summed E-state index contributed by atoms with van der Waals surface area (Å²) in [7, 11) is 0. The first-order chi connectivity index (χ1) is 9.91. The fraction of sp³-hybridized carbons (Fsp3) is 0.286. The molecular formula is C14H12FNO4S. The number of carbonyl (C=O) groups excluding carboxylic acids is 1. The van der Waals surface area contributed by atoms with Crippen LogP contribution in [-0.4, -0.2) is 38.5 Å². The summed E-state index contributed by atoms with van der Waals surface area (Å²) in [5.74, 6) is -2.62. The number of halogens is 1. The summed E-state index contributed by atoms with van der Waals surface area (Å²) in [5, 5.41) is 18.6. The van der Waals surface area contributed by atoms with Crippen molar-refractivity contribution in [3.63, 3.8) is 0 Å². The molecule has 0 aliphatic carbocycles. The van der Waals surface area contributed by atoms with Crippen LogP contribution in [0.15, 0.2) is 30.0 Å². The zero-order valence-corrected chi connectivity index (χ0v) is 11.8. The van der Waals surface area contributed by atoms with Crippen LogP contribution < -0.4 is 0 Å². The predicted molar refractivity (Wildman–Crippen MR) is 74.4 cm³/mol. The fourth-order valence-electron chi connectivity index (χ4n) is 2.59. The molecule has 3 rings (SSSR count). The highest BCUT2D eigenvalue weighted by Gasteiger charge is 2.57. The second-order valence-corrected chi connectivity index (χ2v) is 6.10. The Morgan fingerprint density at radius 3 is 2.52 bits per heavy atom. The standard InChI is InChI=1S/C14H12FNO4S/c1-6(17)9-12(18)16-10(14(19)20)11(21-13(9)16)7-2-4-8(15)5-3-7/h2-6,9,13,17H,1H3,(H,19,20)/t6-,9+,13-/m1/s1. The monoisotopic (exact) mass is 309 g/mol. The lowest BCUT2D eigenvalue weighted by atomic mass is 9.92. The first-order valence-electron chi connectivity index (χ1n) is 6.33. The molecule has 0 aromatic heterocycles. The third-order valence-electron chi connectivity index (χ3n) is 3.61. The molecule has 0 unspecified atom stereocenters. The smallest absolute Gasteiger partial charge is 0.353 e. The van der Waals surface area contributed by atoms with Gasteiger partial charge in [0.1, 0.15) is 16.9 Å². The zero-order valence-electron chi connectivity index (χ0n) is 11.0. The predicted octanol–water partition coefficient (Wildman–Crippen LogP) is 1.49. The Kier molecular flexibility index (Phi) is 3.26. The maximum absolute atomic E-state index is 13.0. The van der Waals surface area contributed by atoms with Gasteiger partial charge in [0.05, 0.1) is 12.0 Å². The summed E-state index contributed by atoms with van der Waals surface area (Å²) in [6, 6.07) is 5.44. The van der Waals surface area contributed by atoms with E-state index in [1.165, 1.54) is 47.9 Å². The summed E-state index contributed by atoms with van der Waals surface area (Å²) in [5.41, 5.74) is 0.448. The van der Waals surface area contributed by atoms with Crippen molar-refractivity contribution < 1.29 is 24.2 Å². The Morgan fingerprint density at radius 1 is 1.38 bits per heavy atom. The first-order valence-corrected chi connectivity index (χ1v) is 7.21. The third-order valence-corrected chi connectivity index (χ3v) is 5.02. The van der Waals surface area contributed by atoms with E-state index in [-0.39, 0.29) is 5.70 Å². The van der Waals surface area contributed by atoms with Gasteiger partial charge in [-0.3, -0.25) is 9.69 Å². The van der Waals surface area contributed by atoms with Crippen molar-refractivity contribution in [1.82, 2.24) is 4.90 Å². The van der Waals surface area contributed by atoms with Crippen molar-refractivity contribution in [3.05, 3.63) is 41.3 Å². The summed E-state index contributed by atoms with van der Waals surface area (Å²) in [6.45, 7) is 1.51. The lowest BCUT2D eigenvalue weighted by Crippen LogP contribution is -2.60. The van der Waals surface area contributed by atoms with Crippen LogP contribution in [0.3, 0.4) is 0 Å². The lowest BCUT2D eigenvalue weighted by Gasteiger charge is -2.43. The van der Waals surface area contributed by atoms with E-state index in [0.29, 0.717) is 10.5 Å². The molecule has 0 radical (unpaired) electrons. The molecule has 1 saturated heterocycles. The van der Waals surface area contributed by atoms with Crippen LogP contribution in [0.1, 0.15) is 12.5 Å². The lowest BCUT2D eigenvalue weighted by molar-refractivity contribution is -0.156. The maximum Gasteiger partial charge on any atom is 0.353 e. The number of aliphatic hydroxyl groups excluding tert-OH is 1. The van der Waals surface area contributed by atoms with Crippen LogP contribution in [-0.2, 0) is 9.59 Å². The molecule has 110 valence electrons. The summed E-state index contributed by atoms with van der Waals surface area (Å²) >= 11 is 1.22. The number of nitrogens with zero attached hydrogens (tertiary/aromatic N) is 1. The number of carboxylic acid groups (broad SMARTS) is 1. The van der Waals surface area contributed by atoms with Gasteiger partial charge in [0.2, 0.25) is 5.91 Å². The number of carboxylic acids is 1. The molecule has 0 bridgehead atoms. The van der Waals surface area contributed by atoms with E-state index in [4.69, 9.17) is 0 Å². The molecule has 0 spiro atoms. The van der Waals surface area contributed by atoms with Gasteiger partial charge in [-0.1, -0.05) is 23.9 Å². The molecule has 21 heavy (non-hydrogen) atoms. The van der Waals surface area contributed by atoms with E-state index in [2.05, 4.69) is 0 Å². The average Bonchev–Trinajstić information content (AvgIpc) is 2.74. The fourth-order valence-corrected chi connectivity index (χ4v) is 4.20. The molecule has 2 aliphatic heterocycles. The minimum atomic E-state index is -1.21. The Labute approximate surface area is 124 Å². The molecule has 7 heteroatoms. The van der Waals surface area contributed by atoms with Crippen LogP contribution in [0, 0.1) is 11.7 Å². The number of β-lactam (4-membered cyclic amide) rings is 1. The van der Waals surface area contributed by atoms with Gasteiger partial charge in [-0.25, -0.2) is 9.18 Å². The van der Waals surface area contributed by atoms with Crippen LogP contribution >= 0.6 is 11.8 Å². The number of fused-ring (bicyclic) bond motifs is 1. The SMILES string of the molecule is C[C@@H](O)[C@H]1C(=O)N2C(C(=O)O)=C(c3ccc(F)cc3)S[C@H]12. The minimum Gasteiger partial charge on any atom is -0.477 e. The summed E-state index contributed by atoms with van der Waals surface area (Å²) < 4.78 is 13.0. The molecule has 3 atom stereocenters. The number of hydrogen-bond donors (Lipinski definition) is 2. The maximum atomic E-state index is 13.0. The molecule has 1 aromatic carbocycles. The van der Waals surface area contributed by atoms with Crippen LogP contribution in [0.2, 0.25) is 0 Å². The second-order valence-electron chi connectivity index (χ2n) is 4.97. The highest BCUT2D eigenvalue weighted by molar-refractivity contribution is 8.09. The second kappa shape index (κ2) is 4.85. The van der Waals surface area contributed by atoms with E-state index in [1.54, 1.807) is 0 Å². The normalized spacial score (nSPS) is 25.7. The number of aliphatic hydroxyl groups is 1. The first kappa shape index (κ1) is 14.1. The van der Waals surface area contributed by atoms with Crippen LogP contribution in [0.5, 0.6) is 0 Å². The Hall–Kier alpha value is -1.86. The van der Waals surface area contributed by atoms with Gasteiger partial charge in [0, 0.05) is 4.91 Å². The molecule has 5 nitrogen and oxygen atoms in total. The number of carbonyl (C=O) groups is 2. The van der Waals surface area contributed by atoms with Gasteiger partial charge < -0.3 is 10.2 Å². The largest absolute Gasteiger partial charge is 0.477 e. The molecule has 2 aliphatic rings. The molecule has 2 N–H and O–H groups in total. The number of hydrogen-bond acceptors (Lipinski definition) is 4. The van der Waals surface area contributed by atoms with Crippen LogP contribution in [0.4, 0.5) is 4.39 Å². The molecule has 1 amide bonds. The highest BCUT2D eigenvalue weighted by Crippen LogP contribution is 2.53. The molecule has 0 saturated carbocycles. The highest BCUT2D eigenvalue weighted by atomic mass is 32.2. The van der Waals surface area contributed by atoms with E-state index < -0.39 is 35.1 Å². The molecular weight excluding hydrogens is 297 g/mol. The topological polar surface area (TPSA) is 77.8 Å². The number of amides is 1. The van der Waals surface area contributed by atoms with Crippen molar-refractivity contribution in [2.75, 3.05) is 0 Å². The van der Waals surface area contributed by atoms with Crippen molar-refractivity contribution in [1.29, 1.82) is 0 Å². The average molecular weight is 309 g/mol. The number of aliphatic carboxylic acids is 1. The van der Waals surface area contributed by atoms with Gasteiger partial charge in [0.25, 0.3) is 0 Å². The van der Waals surface area contributed by atoms with Gasteiger partial charge >= 0.3 is 5.97 Å². The van der Waals surface area contributed by atoms with Gasteiger partial charge in [-0.05, 0) is 24.6 Å². The molecule has 1 fully saturated rings. The van der Waals surface area contributed by atoms with Crippen molar-refractivity contribution in [2.24, 2.45) is 5.92 Å². The summed E-state index contributed by atoms with van der Waals surface area (Å²) in [6.07, 6.45) is -0.839. The third kappa shape index (κ3) is 2.04. The molecule has 1 aromatic rings. The zero-order chi connectivity index (χ0) is 15.3. The van der Waals surface area contributed by atoms with E-state index in [1.807, 2.05) is 0 Å². The Morgan fingerprint density at radius 2 is 2.00 bits per heavy atom.